The predicted molar refractivity (Wildman–Crippen MR) is 127 cm³/mol. The van der Waals surface area contributed by atoms with Gasteiger partial charge < -0.3 is 4.74 Å². The molecule has 168 valence electrons. The molecule has 2 fully saturated rings. The van der Waals surface area contributed by atoms with Crippen LogP contribution in [-0.4, -0.2) is 29.0 Å². The Bertz CT molecular complexity index is 1380. The Morgan fingerprint density at radius 1 is 0.794 bits per heavy atom. The highest BCUT2D eigenvalue weighted by atomic mass is 79.9. The number of benzene rings is 3. The van der Waals surface area contributed by atoms with Crippen LogP contribution in [0.1, 0.15) is 32.4 Å². The number of fused-ring (bicyclic) bond motifs is 3. The number of carbonyl (C=O) groups is 4. The van der Waals surface area contributed by atoms with Gasteiger partial charge >= 0.3 is 0 Å². The summed E-state index contributed by atoms with van der Waals surface area (Å²) in [5.74, 6) is -4.76. The van der Waals surface area contributed by atoms with Gasteiger partial charge in [-0.1, -0.05) is 70.0 Å². The number of ketones is 2. The van der Waals surface area contributed by atoms with Crippen molar-refractivity contribution in [1.82, 2.24) is 0 Å². The molecule has 8 heteroatoms. The first kappa shape index (κ1) is 21.4. The van der Waals surface area contributed by atoms with Gasteiger partial charge in [-0.05, 0) is 30.3 Å². The Balaban J connectivity index is 1.56. The van der Waals surface area contributed by atoms with Crippen LogP contribution in [0.25, 0.3) is 0 Å². The van der Waals surface area contributed by atoms with E-state index >= 15 is 0 Å². The lowest BCUT2D eigenvalue weighted by Gasteiger charge is -2.27. The minimum absolute atomic E-state index is 0.188. The number of rotatable bonds is 2. The van der Waals surface area contributed by atoms with Crippen LogP contribution in [0.5, 0.6) is 0 Å². The second-order valence-electron chi connectivity index (χ2n) is 8.49. The Kier molecular flexibility index (Phi) is 4.68. The molecule has 0 radical (unpaired) electrons. The molecule has 0 unspecified atom stereocenters. The predicted octanol–water partition coefficient (Wildman–Crippen LogP) is 4.80. The van der Waals surface area contributed by atoms with Gasteiger partial charge in [0.25, 0.3) is 0 Å². The third kappa shape index (κ3) is 2.66. The summed E-state index contributed by atoms with van der Waals surface area (Å²) in [7, 11) is 0. The van der Waals surface area contributed by atoms with E-state index in [1.165, 1.54) is 0 Å². The molecule has 0 saturated carbocycles. The van der Waals surface area contributed by atoms with Crippen LogP contribution in [-0.2, 0) is 14.3 Å². The summed E-state index contributed by atoms with van der Waals surface area (Å²) in [6.45, 7) is 0. The van der Waals surface area contributed by atoms with Gasteiger partial charge in [0.1, 0.15) is 0 Å². The molecule has 0 N–H and O–H groups in total. The Hall–Kier alpha value is -3.13. The number of nitrogens with zero attached hydrogens (tertiary/aromatic N) is 1. The number of Topliss-reactive ketones (excluding diaryl/α,β-unsaturated/α-hetero) is 2. The molecule has 3 aromatic carbocycles. The number of imide groups is 1. The maximum Gasteiger partial charge on any atom is 0.241 e. The Morgan fingerprint density at radius 2 is 1.38 bits per heavy atom. The van der Waals surface area contributed by atoms with Crippen LogP contribution in [0, 0.1) is 11.8 Å². The molecular weight excluding hydrogens is 522 g/mol. The molecular formula is C26H15BrClNO5. The lowest BCUT2D eigenvalue weighted by Crippen LogP contribution is -2.51. The molecule has 0 aromatic heterocycles. The second-order valence-corrected chi connectivity index (χ2v) is 9.81. The smallest absolute Gasteiger partial charge is 0.241 e. The molecule has 3 aromatic rings. The topological polar surface area (TPSA) is 80.8 Å². The molecule has 0 bridgehead atoms. The van der Waals surface area contributed by atoms with Gasteiger partial charge in [-0.15, -0.1) is 0 Å². The largest absolute Gasteiger partial charge is 0.349 e. The van der Waals surface area contributed by atoms with E-state index in [2.05, 4.69) is 15.9 Å². The quantitative estimate of drug-likeness (QED) is 0.347. The van der Waals surface area contributed by atoms with Crippen LogP contribution in [0.4, 0.5) is 5.69 Å². The van der Waals surface area contributed by atoms with Crippen LogP contribution in [0.15, 0.2) is 77.3 Å². The number of hydrogen-bond acceptors (Lipinski definition) is 5. The summed E-state index contributed by atoms with van der Waals surface area (Å²) in [4.78, 5) is 56.0. The van der Waals surface area contributed by atoms with Crippen molar-refractivity contribution in [3.05, 3.63) is 99.0 Å². The number of hydrogen-bond donors (Lipinski definition) is 0. The highest BCUT2D eigenvalue weighted by Gasteiger charge is 2.74. The molecule has 2 heterocycles. The monoisotopic (exact) mass is 535 g/mol. The highest BCUT2D eigenvalue weighted by Crippen LogP contribution is 2.58. The molecule has 1 spiro atoms. The van der Waals surface area contributed by atoms with Crippen molar-refractivity contribution in [2.75, 3.05) is 4.90 Å². The molecule has 3 aliphatic rings. The number of carbonyl (C=O) groups excluding carboxylic acids is 4. The van der Waals surface area contributed by atoms with Gasteiger partial charge in [-0.25, -0.2) is 4.90 Å². The zero-order valence-electron chi connectivity index (χ0n) is 17.4. The van der Waals surface area contributed by atoms with E-state index in [0.29, 0.717) is 16.3 Å². The Labute approximate surface area is 207 Å². The molecule has 34 heavy (non-hydrogen) atoms. The van der Waals surface area contributed by atoms with Gasteiger partial charge in [-0.2, -0.15) is 0 Å². The van der Waals surface area contributed by atoms with Crippen molar-refractivity contribution in [3.8, 4) is 0 Å². The first-order valence-electron chi connectivity index (χ1n) is 10.6. The first-order valence-corrected chi connectivity index (χ1v) is 11.8. The second kappa shape index (κ2) is 7.43. The zero-order valence-corrected chi connectivity index (χ0v) is 19.7. The molecule has 1 aliphatic carbocycles. The van der Waals surface area contributed by atoms with E-state index < -0.39 is 46.9 Å². The lowest BCUT2D eigenvalue weighted by molar-refractivity contribution is -0.127. The molecule has 3 atom stereocenters. The van der Waals surface area contributed by atoms with E-state index in [9.17, 15) is 19.2 Å². The van der Waals surface area contributed by atoms with E-state index in [4.69, 9.17) is 16.3 Å². The fourth-order valence-electron chi connectivity index (χ4n) is 5.35. The van der Waals surface area contributed by atoms with Crippen molar-refractivity contribution < 1.29 is 23.9 Å². The van der Waals surface area contributed by atoms with E-state index in [1.54, 1.807) is 72.8 Å². The van der Waals surface area contributed by atoms with Crippen LogP contribution < -0.4 is 4.90 Å². The van der Waals surface area contributed by atoms with Crippen molar-refractivity contribution in [1.29, 1.82) is 0 Å². The molecule has 2 saturated heterocycles. The summed E-state index contributed by atoms with van der Waals surface area (Å²) in [5.41, 5.74) is -0.932. The van der Waals surface area contributed by atoms with Crippen LogP contribution in [0.2, 0.25) is 5.02 Å². The minimum atomic E-state index is -2.12. The molecule has 2 aliphatic heterocycles. The van der Waals surface area contributed by atoms with Crippen molar-refractivity contribution in [3.63, 3.8) is 0 Å². The van der Waals surface area contributed by atoms with Crippen LogP contribution in [0.3, 0.4) is 0 Å². The maximum atomic E-state index is 13.8. The standard InChI is InChI=1S/C26H15BrClNO5/c27-13-9-11-14(12-10-13)29-24(32)19-20(25(29)33)26(34-21(19)17-7-3-4-8-18(17)28)22(30)15-5-1-2-6-16(15)23(26)31/h1-12,19-21H/t19-,20-,21-/m0/s1. The molecule has 6 rings (SSSR count). The third-order valence-corrected chi connectivity index (χ3v) is 7.69. The molecule has 2 amide bonds. The number of halogens is 2. The van der Waals surface area contributed by atoms with Gasteiger partial charge in [0, 0.05) is 26.2 Å². The normalized spacial score (nSPS) is 24.8. The van der Waals surface area contributed by atoms with E-state index in [1.807, 2.05) is 0 Å². The van der Waals surface area contributed by atoms with Crippen molar-refractivity contribution in [2.24, 2.45) is 11.8 Å². The summed E-state index contributed by atoms with van der Waals surface area (Å²) < 4.78 is 7.01. The van der Waals surface area contributed by atoms with Gasteiger partial charge in [0.2, 0.25) is 29.0 Å². The number of amides is 2. The first-order chi connectivity index (χ1) is 16.4. The fraction of sp³-hybridized carbons (Fsp3) is 0.154. The average Bonchev–Trinajstić information content (AvgIpc) is 3.40. The van der Waals surface area contributed by atoms with Gasteiger partial charge in [0.15, 0.2) is 0 Å². The minimum Gasteiger partial charge on any atom is -0.349 e. The highest BCUT2D eigenvalue weighted by molar-refractivity contribution is 9.10. The fourth-order valence-corrected chi connectivity index (χ4v) is 5.86. The van der Waals surface area contributed by atoms with Crippen molar-refractivity contribution >= 4 is 56.6 Å². The van der Waals surface area contributed by atoms with E-state index in [0.717, 1.165) is 9.37 Å². The summed E-state index contributed by atoms with van der Waals surface area (Å²) in [5, 5.41) is 0.320. The number of ether oxygens (including phenoxy) is 1. The third-order valence-electron chi connectivity index (χ3n) is 6.82. The summed E-state index contributed by atoms with van der Waals surface area (Å²) in [6, 6.07) is 19.8. The van der Waals surface area contributed by atoms with Gasteiger partial charge in [0.05, 0.1) is 23.6 Å². The van der Waals surface area contributed by atoms with Crippen LogP contribution >= 0.6 is 27.5 Å². The molecule has 6 nitrogen and oxygen atoms in total. The Morgan fingerprint density at radius 3 is 2.00 bits per heavy atom. The number of anilines is 1. The van der Waals surface area contributed by atoms with Crippen molar-refractivity contribution in [2.45, 2.75) is 11.7 Å². The SMILES string of the molecule is O=C1[C@H]2[C@@H](C(=O)N1c1ccc(Br)cc1)C1(O[C@H]2c2ccccc2Cl)C(=O)c2ccccc2C1=O. The summed E-state index contributed by atoms with van der Waals surface area (Å²) in [6.07, 6.45) is -1.04. The average molecular weight is 537 g/mol. The zero-order chi connectivity index (χ0) is 23.8. The lowest BCUT2D eigenvalue weighted by atomic mass is 9.77. The van der Waals surface area contributed by atoms with E-state index in [-0.39, 0.29) is 11.1 Å². The maximum absolute atomic E-state index is 13.8. The summed E-state index contributed by atoms with van der Waals surface area (Å²) >= 11 is 9.79. The van der Waals surface area contributed by atoms with Gasteiger partial charge in [-0.3, -0.25) is 19.2 Å².